The number of nitrogens with one attached hydrogen (secondary N) is 1. The van der Waals surface area contributed by atoms with Crippen molar-refractivity contribution in [2.24, 2.45) is 11.7 Å². The van der Waals surface area contributed by atoms with Crippen molar-refractivity contribution in [2.45, 2.75) is 39.0 Å². The number of carbonyl (C=O) groups excluding carboxylic acids is 2. The molecule has 0 saturated heterocycles. The van der Waals surface area contributed by atoms with E-state index in [1.807, 2.05) is 0 Å². The van der Waals surface area contributed by atoms with E-state index in [0.29, 0.717) is 35.2 Å². The van der Waals surface area contributed by atoms with E-state index in [-0.39, 0.29) is 5.91 Å². The molecule has 110 valence electrons. The van der Waals surface area contributed by atoms with E-state index in [2.05, 4.69) is 12.2 Å². The number of nitrogens with two attached hydrogens (primary N) is 1. The molecule has 0 saturated carbocycles. The van der Waals surface area contributed by atoms with Gasteiger partial charge in [-0.15, -0.1) is 22.9 Å². The monoisotopic (exact) mass is 314 g/mol. The number of anilines is 1. The predicted octanol–water partition coefficient (Wildman–Crippen LogP) is 2.93. The number of primary amides is 1. The summed E-state index contributed by atoms with van der Waals surface area (Å²) in [7, 11) is 0. The normalized spacial score (nSPS) is 17.6. The van der Waals surface area contributed by atoms with Crippen LogP contribution in [0.2, 0.25) is 0 Å². The third-order valence-electron chi connectivity index (χ3n) is 3.55. The zero-order chi connectivity index (χ0) is 14.7. The number of rotatable bonds is 5. The van der Waals surface area contributed by atoms with Crippen molar-refractivity contribution >= 4 is 39.8 Å². The van der Waals surface area contributed by atoms with Crippen LogP contribution in [0.15, 0.2) is 0 Å². The van der Waals surface area contributed by atoms with Crippen LogP contribution in [0.1, 0.15) is 47.0 Å². The second-order valence-electron chi connectivity index (χ2n) is 5.26. The van der Waals surface area contributed by atoms with E-state index >= 15 is 0 Å². The Morgan fingerprint density at radius 2 is 2.25 bits per heavy atom. The maximum Gasteiger partial charge on any atom is 0.251 e. The fourth-order valence-corrected chi connectivity index (χ4v) is 4.08. The van der Waals surface area contributed by atoms with Gasteiger partial charge < -0.3 is 11.1 Å². The molecule has 1 atom stereocenters. The first-order valence-electron chi connectivity index (χ1n) is 6.83. The lowest BCUT2D eigenvalue weighted by atomic mass is 9.88. The van der Waals surface area contributed by atoms with Crippen molar-refractivity contribution in [3.63, 3.8) is 0 Å². The molecule has 0 aliphatic heterocycles. The minimum atomic E-state index is -0.454. The van der Waals surface area contributed by atoms with Gasteiger partial charge in [0.15, 0.2) is 0 Å². The van der Waals surface area contributed by atoms with E-state index in [4.69, 9.17) is 17.3 Å². The Morgan fingerprint density at radius 1 is 1.50 bits per heavy atom. The van der Waals surface area contributed by atoms with Crippen LogP contribution in [0, 0.1) is 5.92 Å². The summed E-state index contributed by atoms with van der Waals surface area (Å²) in [6.45, 7) is 2.20. The molecular weight excluding hydrogens is 296 g/mol. The lowest BCUT2D eigenvalue weighted by molar-refractivity contribution is -0.116. The number of amides is 2. The maximum atomic E-state index is 11.8. The highest BCUT2D eigenvalue weighted by molar-refractivity contribution is 7.17. The van der Waals surface area contributed by atoms with E-state index in [9.17, 15) is 9.59 Å². The minimum Gasteiger partial charge on any atom is -0.365 e. The average Bonchev–Trinajstić information content (AvgIpc) is 2.73. The molecule has 4 nitrogen and oxygen atoms in total. The van der Waals surface area contributed by atoms with Crippen LogP contribution in [-0.2, 0) is 17.6 Å². The molecule has 3 N–H and O–H groups in total. The van der Waals surface area contributed by atoms with Crippen LogP contribution < -0.4 is 11.1 Å². The first-order chi connectivity index (χ1) is 9.52. The molecule has 1 aliphatic rings. The third-order valence-corrected chi connectivity index (χ3v) is 4.99. The van der Waals surface area contributed by atoms with Crippen molar-refractivity contribution in [3.05, 3.63) is 16.0 Å². The highest BCUT2D eigenvalue weighted by Gasteiger charge is 2.27. The summed E-state index contributed by atoms with van der Waals surface area (Å²) in [5, 5.41) is 3.43. The molecule has 0 aromatic carbocycles. The molecule has 1 aromatic heterocycles. The highest BCUT2D eigenvalue weighted by Crippen LogP contribution is 2.39. The Balaban J connectivity index is 2.24. The fourth-order valence-electron chi connectivity index (χ4n) is 2.52. The molecular formula is C14H19ClN2O2S. The van der Waals surface area contributed by atoms with E-state index in [1.165, 1.54) is 16.2 Å². The zero-order valence-electron chi connectivity index (χ0n) is 11.5. The summed E-state index contributed by atoms with van der Waals surface area (Å²) in [5.74, 6) is 0.500. The quantitative estimate of drug-likeness (QED) is 0.820. The summed E-state index contributed by atoms with van der Waals surface area (Å²) >= 11 is 7.07. The Morgan fingerprint density at radius 3 is 2.90 bits per heavy atom. The molecule has 2 amide bonds. The van der Waals surface area contributed by atoms with Gasteiger partial charge in [-0.05, 0) is 37.2 Å². The summed E-state index contributed by atoms with van der Waals surface area (Å²) < 4.78 is 0. The summed E-state index contributed by atoms with van der Waals surface area (Å²) in [5.41, 5.74) is 7.03. The largest absolute Gasteiger partial charge is 0.365 e. The van der Waals surface area contributed by atoms with Gasteiger partial charge in [-0.1, -0.05) is 6.92 Å². The van der Waals surface area contributed by atoms with Crippen LogP contribution in [0.25, 0.3) is 0 Å². The Kier molecular flexibility index (Phi) is 5.05. The van der Waals surface area contributed by atoms with Gasteiger partial charge in [0, 0.05) is 17.2 Å². The maximum absolute atomic E-state index is 11.8. The minimum absolute atomic E-state index is 0.111. The van der Waals surface area contributed by atoms with Crippen molar-refractivity contribution in [3.8, 4) is 0 Å². The Labute approximate surface area is 127 Å². The Bertz CT molecular complexity index is 527. The molecule has 0 fully saturated rings. The summed E-state index contributed by atoms with van der Waals surface area (Å²) in [6.07, 6.45) is 3.87. The number of carbonyl (C=O) groups is 2. The van der Waals surface area contributed by atoms with Crippen LogP contribution in [0.5, 0.6) is 0 Å². The predicted molar refractivity (Wildman–Crippen MR) is 82.6 cm³/mol. The number of fused-ring (bicyclic) bond motifs is 1. The summed E-state index contributed by atoms with van der Waals surface area (Å²) in [4.78, 5) is 24.7. The molecule has 0 bridgehead atoms. The van der Waals surface area contributed by atoms with Crippen molar-refractivity contribution in [1.82, 2.24) is 0 Å². The SMILES string of the molecule is CC1CCc2c(sc(NC(=O)CCCCl)c2C(N)=O)C1. The van der Waals surface area contributed by atoms with Gasteiger partial charge in [-0.2, -0.15) is 0 Å². The Hall–Kier alpha value is -1.07. The topological polar surface area (TPSA) is 72.2 Å². The zero-order valence-corrected chi connectivity index (χ0v) is 13.1. The van der Waals surface area contributed by atoms with Crippen molar-refractivity contribution < 1.29 is 9.59 Å². The first kappa shape index (κ1) is 15.3. The summed E-state index contributed by atoms with van der Waals surface area (Å²) in [6, 6.07) is 0. The molecule has 20 heavy (non-hydrogen) atoms. The smallest absolute Gasteiger partial charge is 0.251 e. The van der Waals surface area contributed by atoms with Gasteiger partial charge in [-0.3, -0.25) is 9.59 Å². The highest BCUT2D eigenvalue weighted by atomic mass is 35.5. The van der Waals surface area contributed by atoms with Gasteiger partial charge >= 0.3 is 0 Å². The standard InChI is InChI=1S/C14H19ClN2O2S/c1-8-4-5-9-10(7-8)20-14(12(9)13(16)19)17-11(18)3-2-6-15/h8H,2-7H2,1H3,(H2,16,19)(H,17,18). The molecule has 1 aromatic rings. The van der Waals surface area contributed by atoms with Crippen LogP contribution in [-0.4, -0.2) is 17.7 Å². The first-order valence-corrected chi connectivity index (χ1v) is 8.18. The van der Waals surface area contributed by atoms with Crippen LogP contribution in [0.4, 0.5) is 5.00 Å². The number of hydrogen-bond donors (Lipinski definition) is 2. The van der Waals surface area contributed by atoms with Gasteiger partial charge in [0.2, 0.25) is 5.91 Å². The van der Waals surface area contributed by atoms with Crippen molar-refractivity contribution in [2.75, 3.05) is 11.2 Å². The van der Waals surface area contributed by atoms with E-state index in [0.717, 1.165) is 24.8 Å². The number of hydrogen-bond acceptors (Lipinski definition) is 3. The van der Waals surface area contributed by atoms with Gasteiger partial charge in [0.05, 0.1) is 5.56 Å². The van der Waals surface area contributed by atoms with Crippen LogP contribution >= 0.6 is 22.9 Å². The molecule has 1 unspecified atom stereocenters. The molecule has 1 aliphatic carbocycles. The lowest BCUT2D eigenvalue weighted by Crippen LogP contribution is -2.19. The van der Waals surface area contributed by atoms with E-state index < -0.39 is 5.91 Å². The number of halogens is 1. The second-order valence-corrected chi connectivity index (χ2v) is 6.74. The number of thiophene rings is 1. The van der Waals surface area contributed by atoms with Crippen LogP contribution in [0.3, 0.4) is 0 Å². The molecule has 6 heteroatoms. The lowest BCUT2D eigenvalue weighted by Gasteiger charge is -2.18. The molecule has 0 spiro atoms. The molecule has 2 rings (SSSR count). The number of alkyl halides is 1. The fraction of sp³-hybridized carbons (Fsp3) is 0.571. The third kappa shape index (κ3) is 3.33. The van der Waals surface area contributed by atoms with Gasteiger partial charge in [0.25, 0.3) is 5.91 Å². The average molecular weight is 315 g/mol. The molecule has 1 heterocycles. The van der Waals surface area contributed by atoms with Crippen molar-refractivity contribution in [1.29, 1.82) is 0 Å². The molecule has 0 radical (unpaired) electrons. The van der Waals surface area contributed by atoms with Gasteiger partial charge in [0.1, 0.15) is 5.00 Å². The van der Waals surface area contributed by atoms with Gasteiger partial charge in [-0.25, -0.2) is 0 Å². The van der Waals surface area contributed by atoms with E-state index in [1.54, 1.807) is 0 Å². The second kappa shape index (κ2) is 6.59.